The second-order valence-corrected chi connectivity index (χ2v) is 7.31. The fourth-order valence-corrected chi connectivity index (χ4v) is 3.96. The van der Waals surface area contributed by atoms with Gasteiger partial charge in [0.25, 0.3) is 0 Å². The number of allylic oxidation sites excluding steroid dienone is 3. The Morgan fingerprint density at radius 2 is 2.17 bits per heavy atom. The number of rotatable bonds is 6. The van der Waals surface area contributed by atoms with Crippen molar-refractivity contribution < 1.29 is 19.4 Å². The third-order valence-electron chi connectivity index (χ3n) is 5.20. The van der Waals surface area contributed by atoms with Crippen molar-refractivity contribution in [3.63, 3.8) is 0 Å². The molecule has 0 aromatic rings. The number of hydrogen-bond donors (Lipinski definition) is 0. The molecule has 24 heavy (non-hydrogen) atoms. The van der Waals surface area contributed by atoms with E-state index in [4.69, 9.17) is 4.74 Å². The number of ether oxygens (including phenoxy) is 1. The molecule has 3 aliphatic rings. The lowest BCUT2D eigenvalue weighted by molar-refractivity contribution is -0.313. The Morgan fingerprint density at radius 1 is 1.42 bits per heavy atom. The summed E-state index contributed by atoms with van der Waals surface area (Å²) in [7, 11) is 0. The Hall–Kier alpha value is -1.88. The van der Waals surface area contributed by atoms with E-state index in [2.05, 4.69) is 32.9 Å². The van der Waals surface area contributed by atoms with Gasteiger partial charge in [-0.1, -0.05) is 35.5 Å². The Labute approximate surface area is 142 Å². The number of likely N-dealkylation sites (tertiary alicyclic amines) is 1. The lowest BCUT2D eigenvalue weighted by atomic mass is 9.77. The molecule has 0 aromatic heterocycles. The van der Waals surface area contributed by atoms with Gasteiger partial charge in [-0.25, -0.2) is 0 Å². The van der Waals surface area contributed by atoms with Crippen LogP contribution in [0.4, 0.5) is 0 Å². The first-order valence-corrected chi connectivity index (χ1v) is 8.50. The SMILES string of the molecule is CC(C)=CCC/C(C)=C/CN1C[C@@]23C=C[C@@H](O2)[C@H](C(=O)[O-])[C@@H]3C1=O. The maximum atomic E-state index is 12.7. The molecule has 1 amide bonds. The van der Waals surface area contributed by atoms with E-state index in [1.54, 1.807) is 11.0 Å². The van der Waals surface area contributed by atoms with E-state index in [9.17, 15) is 14.7 Å². The molecular weight excluding hydrogens is 306 g/mol. The quantitative estimate of drug-likeness (QED) is 0.687. The predicted molar refractivity (Wildman–Crippen MR) is 87.7 cm³/mol. The van der Waals surface area contributed by atoms with Crippen molar-refractivity contribution >= 4 is 11.9 Å². The minimum absolute atomic E-state index is 0.135. The van der Waals surface area contributed by atoms with Crippen LogP contribution in [0.3, 0.4) is 0 Å². The summed E-state index contributed by atoms with van der Waals surface area (Å²) in [5.74, 6) is -2.84. The van der Waals surface area contributed by atoms with Crippen molar-refractivity contribution in [1.29, 1.82) is 0 Å². The molecule has 3 rings (SSSR count). The molecule has 3 heterocycles. The average Bonchev–Trinajstić information content (AvgIpc) is 3.13. The van der Waals surface area contributed by atoms with E-state index in [1.807, 2.05) is 6.08 Å². The zero-order valence-electron chi connectivity index (χ0n) is 14.5. The van der Waals surface area contributed by atoms with E-state index in [1.165, 1.54) is 11.1 Å². The molecule has 130 valence electrons. The highest BCUT2D eigenvalue weighted by atomic mass is 16.5. The molecule has 3 aliphatic heterocycles. The topological polar surface area (TPSA) is 69.7 Å². The van der Waals surface area contributed by atoms with Gasteiger partial charge in [0.15, 0.2) is 0 Å². The Balaban J connectivity index is 1.66. The lowest BCUT2D eigenvalue weighted by Crippen LogP contribution is -2.45. The number of carboxylic acids is 1. The largest absolute Gasteiger partial charge is 0.550 e. The molecule has 0 aromatic carbocycles. The highest BCUT2D eigenvalue weighted by Crippen LogP contribution is 2.51. The molecule has 2 bridgehead atoms. The van der Waals surface area contributed by atoms with Crippen LogP contribution in [-0.4, -0.2) is 41.6 Å². The van der Waals surface area contributed by atoms with Gasteiger partial charge in [-0.15, -0.1) is 0 Å². The summed E-state index contributed by atoms with van der Waals surface area (Å²) >= 11 is 0. The van der Waals surface area contributed by atoms with Gasteiger partial charge in [-0.2, -0.15) is 0 Å². The minimum Gasteiger partial charge on any atom is -0.550 e. The summed E-state index contributed by atoms with van der Waals surface area (Å²) in [5, 5.41) is 11.4. The number of aliphatic carboxylic acids is 1. The number of carboxylic acid groups (broad SMARTS) is 1. The van der Waals surface area contributed by atoms with Crippen LogP contribution in [0.25, 0.3) is 0 Å². The van der Waals surface area contributed by atoms with E-state index in [0.717, 1.165) is 12.8 Å². The molecule has 5 heteroatoms. The van der Waals surface area contributed by atoms with E-state index in [-0.39, 0.29) is 5.91 Å². The van der Waals surface area contributed by atoms with Crippen molar-refractivity contribution in [2.24, 2.45) is 11.8 Å². The molecule has 0 aliphatic carbocycles. The van der Waals surface area contributed by atoms with Gasteiger partial charge in [-0.3, -0.25) is 4.79 Å². The number of carbonyl (C=O) groups excluding carboxylic acids is 2. The van der Waals surface area contributed by atoms with Crippen molar-refractivity contribution in [3.8, 4) is 0 Å². The maximum Gasteiger partial charge on any atom is 0.230 e. The van der Waals surface area contributed by atoms with Gasteiger partial charge in [0.05, 0.1) is 18.6 Å². The zero-order chi connectivity index (χ0) is 17.5. The zero-order valence-corrected chi connectivity index (χ0v) is 14.5. The summed E-state index contributed by atoms with van der Waals surface area (Å²) in [6.07, 6.45) is 9.31. The number of amides is 1. The van der Waals surface area contributed by atoms with Crippen LogP contribution < -0.4 is 5.11 Å². The van der Waals surface area contributed by atoms with Gasteiger partial charge in [0.1, 0.15) is 5.60 Å². The Bertz CT molecular complexity index is 644. The third-order valence-corrected chi connectivity index (χ3v) is 5.20. The van der Waals surface area contributed by atoms with Gasteiger partial charge in [-0.05, 0) is 33.6 Å². The van der Waals surface area contributed by atoms with Crippen molar-refractivity contribution in [2.45, 2.75) is 45.3 Å². The summed E-state index contributed by atoms with van der Waals surface area (Å²) in [6.45, 7) is 7.14. The van der Waals surface area contributed by atoms with Crippen molar-refractivity contribution in [3.05, 3.63) is 35.5 Å². The monoisotopic (exact) mass is 330 g/mol. The van der Waals surface area contributed by atoms with Crippen LogP contribution in [0.15, 0.2) is 35.5 Å². The normalized spacial score (nSPS) is 34.0. The average molecular weight is 330 g/mol. The van der Waals surface area contributed by atoms with Crippen LogP contribution in [0, 0.1) is 11.8 Å². The number of hydrogen-bond acceptors (Lipinski definition) is 4. The summed E-state index contributed by atoms with van der Waals surface area (Å²) < 4.78 is 5.83. The first-order chi connectivity index (χ1) is 11.3. The fraction of sp³-hybridized carbons (Fsp3) is 0.579. The highest BCUT2D eigenvalue weighted by molar-refractivity contribution is 5.90. The molecular formula is C19H24NO4-. The lowest BCUT2D eigenvalue weighted by Gasteiger charge is -2.24. The third kappa shape index (κ3) is 2.81. The van der Waals surface area contributed by atoms with Gasteiger partial charge < -0.3 is 19.5 Å². The first-order valence-electron chi connectivity index (χ1n) is 8.50. The summed E-state index contributed by atoms with van der Waals surface area (Å²) in [5.41, 5.74) is 1.76. The molecule has 0 unspecified atom stereocenters. The van der Waals surface area contributed by atoms with Crippen LogP contribution in [0.2, 0.25) is 0 Å². The minimum atomic E-state index is -1.19. The standard InChI is InChI=1S/C19H25NO4/c1-12(2)5-4-6-13(3)8-10-20-11-19-9-7-14(24-19)15(18(22)23)16(19)17(20)21/h5,7-9,14-16H,4,6,10-11H2,1-3H3,(H,22,23)/p-1/b13-8+/t14-,15+,16-,19-/m1/s1. The molecule has 5 nitrogen and oxygen atoms in total. The molecule has 4 atom stereocenters. The molecule has 2 saturated heterocycles. The van der Waals surface area contributed by atoms with Gasteiger partial charge in [0.2, 0.25) is 5.91 Å². The van der Waals surface area contributed by atoms with Crippen LogP contribution in [0.5, 0.6) is 0 Å². The van der Waals surface area contributed by atoms with Gasteiger partial charge in [0, 0.05) is 18.4 Å². The summed E-state index contributed by atoms with van der Waals surface area (Å²) in [6, 6.07) is 0. The molecule has 1 spiro atoms. The number of nitrogens with zero attached hydrogens (tertiary/aromatic N) is 1. The second kappa shape index (κ2) is 6.20. The van der Waals surface area contributed by atoms with Crippen LogP contribution in [-0.2, 0) is 14.3 Å². The smallest absolute Gasteiger partial charge is 0.230 e. The predicted octanol–water partition coefficient (Wildman–Crippen LogP) is 1.21. The molecule has 2 fully saturated rings. The fourth-order valence-electron chi connectivity index (χ4n) is 3.96. The first kappa shape index (κ1) is 17.0. The molecule has 0 N–H and O–H groups in total. The van der Waals surface area contributed by atoms with Gasteiger partial charge >= 0.3 is 0 Å². The second-order valence-electron chi connectivity index (χ2n) is 7.31. The van der Waals surface area contributed by atoms with E-state index < -0.39 is 29.5 Å². The number of carbonyl (C=O) groups is 2. The summed E-state index contributed by atoms with van der Waals surface area (Å²) in [4.78, 5) is 25.8. The highest BCUT2D eigenvalue weighted by Gasteiger charge is 2.65. The van der Waals surface area contributed by atoms with Crippen molar-refractivity contribution in [1.82, 2.24) is 4.90 Å². The Kier molecular flexibility index (Phi) is 4.38. The molecule has 0 radical (unpaired) electrons. The van der Waals surface area contributed by atoms with E-state index >= 15 is 0 Å². The van der Waals surface area contributed by atoms with Crippen molar-refractivity contribution in [2.75, 3.05) is 13.1 Å². The molecule has 0 saturated carbocycles. The van der Waals surface area contributed by atoms with Crippen LogP contribution >= 0.6 is 0 Å². The number of fused-ring (bicyclic) bond motifs is 1. The van der Waals surface area contributed by atoms with Crippen LogP contribution in [0.1, 0.15) is 33.6 Å². The maximum absolute atomic E-state index is 12.7. The Morgan fingerprint density at radius 3 is 2.83 bits per heavy atom. The van der Waals surface area contributed by atoms with E-state index in [0.29, 0.717) is 13.1 Å².